The lowest BCUT2D eigenvalue weighted by atomic mass is 9.79. The van der Waals surface area contributed by atoms with Crippen molar-refractivity contribution in [3.63, 3.8) is 0 Å². The highest BCUT2D eigenvalue weighted by Gasteiger charge is 2.31. The Morgan fingerprint density at radius 1 is 1.50 bits per heavy atom. The van der Waals surface area contributed by atoms with Gasteiger partial charge in [0.1, 0.15) is 0 Å². The molecule has 1 fully saturated rings. The fourth-order valence-electron chi connectivity index (χ4n) is 2.67. The van der Waals surface area contributed by atoms with Crippen LogP contribution in [0.3, 0.4) is 0 Å². The molecule has 0 saturated heterocycles. The highest BCUT2D eigenvalue weighted by Crippen LogP contribution is 2.31. The first-order valence-electron chi connectivity index (χ1n) is 7.03. The van der Waals surface area contributed by atoms with Crippen LogP contribution in [0.15, 0.2) is 22.8 Å². The van der Waals surface area contributed by atoms with Gasteiger partial charge in [0.15, 0.2) is 5.65 Å². The third kappa shape index (κ3) is 2.81. The predicted octanol–water partition coefficient (Wildman–Crippen LogP) is 2.84. The van der Waals surface area contributed by atoms with E-state index in [1.807, 2.05) is 18.3 Å². The van der Waals surface area contributed by atoms with Gasteiger partial charge >= 0.3 is 0 Å². The number of hydrogen-bond donors (Lipinski definition) is 2. The van der Waals surface area contributed by atoms with E-state index in [2.05, 4.69) is 38.3 Å². The number of aromatic nitrogens is 3. The zero-order chi connectivity index (χ0) is 14.2. The van der Waals surface area contributed by atoms with Crippen molar-refractivity contribution in [2.75, 3.05) is 11.9 Å². The van der Waals surface area contributed by atoms with Crippen molar-refractivity contribution < 1.29 is 5.11 Å². The number of anilines is 1. The molecular formula is C14H19BrN4O. The number of halogens is 1. The first-order valence-corrected chi connectivity index (χ1v) is 7.82. The van der Waals surface area contributed by atoms with Gasteiger partial charge in [-0.3, -0.25) is 0 Å². The van der Waals surface area contributed by atoms with Gasteiger partial charge in [0.2, 0.25) is 5.95 Å². The molecule has 5 nitrogen and oxygen atoms in total. The highest BCUT2D eigenvalue weighted by molar-refractivity contribution is 9.10. The van der Waals surface area contributed by atoms with Gasteiger partial charge in [-0.25, -0.2) is 4.52 Å². The van der Waals surface area contributed by atoms with E-state index in [4.69, 9.17) is 0 Å². The van der Waals surface area contributed by atoms with Gasteiger partial charge in [-0.15, -0.1) is 5.10 Å². The van der Waals surface area contributed by atoms with Crippen molar-refractivity contribution in [1.29, 1.82) is 0 Å². The van der Waals surface area contributed by atoms with Gasteiger partial charge in [-0.05, 0) is 59.7 Å². The van der Waals surface area contributed by atoms with E-state index in [0.29, 0.717) is 12.5 Å². The molecule has 0 aromatic carbocycles. The topological polar surface area (TPSA) is 62.5 Å². The summed E-state index contributed by atoms with van der Waals surface area (Å²) >= 11 is 3.45. The number of hydrogen-bond acceptors (Lipinski definition) is 4. The Kier molecular flexibility index (Phi) is 3.69. The van der Waals surface area contributed by atoms with Gasteiger partial charge in [-0.1, -0.05) is 6.92 Å². The number of nitrogens with zero attached hydrogens (tertiary/aromatic N) is 3. The molecule has 1 aliphatic rings. The Morgan fingerprint density at radius 2 is 2.25 bits per heavy atom. The van der Waals surface area contributed by atoms with E-state index < -0.39 is 5.60 Å². The summed E-state index contributed by atoms with van der Waals surface area (Å²) in [5, 5.41) is 18.1. The maximum absolute atomic E-state index is 10.5. The Balaban J connectivity index is 1.69. The molecule has 6 heteroatoms. The Hall–Kier alpha value is -1.14. The number of nitrogens with one attached hydrogen (secondary N) is 1. The minimum absolute atomic E-state index is 0.508. The van der Waals surface area contributed by atoms with E-state index in [1.54, 1.807) is 4.52 Å². The van der Waals surface area contributed by atoms with Crippen LogP contribution in [0.4, 0.5) is 5.95 Å². The molecule has 2 aromatic rings. The van der Waals surface area contributed by atoms with Crippen LogP contribution in [0.25, 0.3) is 5.65 Å². The monoisotopic (exact) mass is 338 g/mol. The first-order chi connectivity index (χ1) is 9.56. The molecule has 2 aromatic heterocycles. The van der Waals surface area contributed by atoms with Crippen LogP contribution in [-0.4, -0.2) is 31.9 Å². The number of pyridine rings is 1. The molecule has 2 heterocycles. The van der Waals surface area contributed by atoms with E-state index in [0.717, 1.165) is 41.7 Å². The van der Waals surface area contributed by atoms with Gasteiger partial charge in [-0.2, -0.15) is 4.98 Å². The Morgan fingerprint density at radius 3 is 2.95 bits per heavy atom. The molecule has 0 unspecified atom stereocenters. The molecule has 20 heavy (non-hydrogen) atoms. The average Bonchev–Trinajstić information content (AvgIpc) is 2.85. The van der Waals surface area contributed by atoms with Crippen molar-refractivity contribution in [2.45, 2.75) is 38.2 Å². The third-order valence-electron chi connectivity index (χ3n) is 4.10. The zero-order valence-corrected chi connectivity index (χ0v) is 13.1. The summed E-state index contributed by atoms with van der Waals surface area (Å²) in [5.74, 6) is 1.28. The van der Waals surface area contributed by atoms with Crippen molar-refractivity contribution in [2.24, 2.45) is 5.92 Å². The van der Waals surface area contributed by atoms with E-state index in [1.165, 1.54) is 0 Å². The lowest BCUT2D eigenvalue weighted by Gasteiger charge is -2.34. The quantitative estimate of drug-likeness (QED) is 0.903. The predicted molar refractivity (Wildman–Crippen MR) is 81.8 cm³/mol. The molecule has 2 N–H and O–H groups in total. The average molecular weight is 339 g/mol. The van der Waals surface area contributed by atoms with Gasteiger partial charge in [0.25, 0.3) is 0 Å². The molecule has 108 valence electrons. The molecule has 1 aliphatic carbocycles. The SMILES string of the molecule is CC1CCC(O)(CNc2nc3c(Br)cccn3n2)CC1. The van der Waals surface area contributed by atoms with Crippen LogP contribution in [-0.2, 0) is 0 Å². The van der Waals surface area contributed by atoms with E-state index >= 15 is 0 Å². The van der Waals surface area contributed by atoms with Gasteiger partial charge < -0.3 is 10.4 Å². The zero-order valence-electron chi connectivity index (χ0n) is 11.5. The third-order valence-corrected chi connectivity index (χ3v) is 4.71. The highest BCUT2D eigenvalue weighted by atomic mass is 79.9. The Labute approximate surface area is 126 Å². The molecule has 0 atom stereocenters. The van der Waals surface area contributed by atoms with Crippen LogP contribution >= 0.6 is 15.9 Å². The standard InChI is InChI=1S/C14H19BrN4O/c1-10-4-6-14(20,7-5-10)9-16-13-17-12-11(15)3-2-8-19(12)18-13/h2-3,8,10,20H,4-7,9H2,1H3,(H,16,18). The molecule has 0 bridgehead atoms. The van der Waals surface area contributed by atoms with Crippen molar-refractivity contribution >= 4 is 27.5 Å². The molecule has 0 aliphatic heterocycles. The number of fused-ring (bicyclic) bond motifs is 1. The minimum atomic E-state index is -0.624. The summed E-state index contributed by atoms with van der Waals surface area (Å²) in [5.41, 5.74) is 0.153. The van der Waals surface area contributed by atoms with E-state index in [-0.39, 0.29) is 0 Å². The second-order valence-corrected chi connectivity index (χ2v) is 6.67. The summed E-state index contributed by atoms with van der Waals surface area (Å²) in [6.45, 7) is 2.75. The van der Waals surface area contributed by atoms with Crippen LogP contribution in [0, 0.1) is 5.92 Å². The maximum Gasteiger partial charge on any atom is 0.243 e. The van der Waals surface area contributed by atoms with Crippen LogP contribution in [0.1, 0.15) is 32.6 Å². The fourth-order valence-corrected chi connectivity index (χ4v) is 3.09. The summed E-state index contributed by atoms with van der Waals surface area (Å²) < 4.78 is 2.63. The maximum atomic E-state index is 10.5. The van der Waals surface area contributed by atoms with Crippen LogP contribution in [0.5, 0.6) is 0 Å². The summed E-state index contributed by atoms with van der Waals surface area (Å²) in [6, 6.07) is 3.84. The van der Waals surface area contributed by atoms with Gasteiger partial charge in [0.05, 0.1) is 10.1 Å². The fraction of sp³-hybridized carbons (Fsp3) is 0.571. The van der Waals surface area contributed by atoms with Crippen LogP contribution in [0.2, 0.25) is 0 Å². The number of rotatable bonds is 3. The summed E-state index contributed by atoms with van der Waals surface area (Å²) in [4.78, 5) is 4.43. The lowest BCUT2D eigenvalue weighted by molar-refractivity contribution is 0.00488. The lowest BCUT2D eigenvalue weighted by Crippen LogP contribution is -2.40. The Bertz CT molecular complexity index is 604. The van der Waals surface area contributed by atoms with Gasteiger partial charge in [0, 0.05) is 12.7 Å². The summed E-state index contributed by atoms with van der Waals surface area (Å²) in [6.07, 6.45) is 5.72. The first kappa shape index (κ1) is 13.8. The van der Waals surface area contributed by atoms with Crippen molar-refractivity contribution in [3.05, 3.63) is 22.8 Å². The molecule has 1 saturated carbocycles. The van der Waals surface area contributed by atoms with Crippen LogP contribution < -0.4 is 5.32 Å². The normalized spacial score (nSPS) is 26.9. The minimum Gasteiger partial charge on any atom is -0.388 e. The smallest absolute Gasteiger partial charge is 0.243 e. The molecule has 3 rings (SSSR count). The van der Waals surface area contributed by atoms with Crippen molar-refractivity contribution in [1.82, 2.24) is 14.6 Å². The van der Waals surface area contributed by atoms with Crippen molar-refractivity contribution in [3.8, 4) is 0 Å². The van der Waals surface area contributed by atoms with E-state index in [9.17, 15) is 5.11 Å². The molecule has 0 amide bonds. The molecule has 0 spiro atoms. The second-order valence-electron chi connectivity index (χ2n) is 5.82. The number of aliphatic hydroxyl groups is 1. The molecular weight excluding hydrogens is 320 g/mol. The summed E-state index contributed by atoms with van der Waals surface area (Å²) in [7, 11) is 0. The molecule has 0 radical (unpaired) electrons. The largest absolute Gasteiger partial charge is 0.388 e. The second kappa shape index (κ2) is 5.33.